The Hall–Kier alpha value is -1.43. The molecule has 2 heterocycles. The molecule has 116 valence electrons. The van der Waals surface area contributed by atoms with Crippen molar-refractivity contribution in [3.8, 4) is 0 Å². The molecule has 6 heteroatoms. The Kier molecular flexibility index (Phi) is 3.73. The molecule has 6 nitrogen and oxygen atoms in total. The minimum atomic E-state index is -1.03. The summed E-state index contributed by atoms with van der Waals surface area (Å²) < 4.78 is 5.61. The number of nitrogens with zero attached hydrogens (tertiary/aromatic N) is 1. The van der Waals surface area contributed by atoms with Crippen molar-refractivity contribution in [2.75, 3.05) is 6.61 Å². The summed E-state index contributed by atoms with van der Waals surface area (Å²) in [6.07, 6.45) is 5.51. The van der Waals surface area contributed by atoms with Crippen molar-refractivity contribution in [1.82, 2.24) is 10.2 Å². The maximum atomic E-state index is 12.9. The molecule has 3 fully saturated rings. The fourth-order valence-corrected chi connectivity index (χ4v) is 3.81. The molecule has 0 aromatic carbocycles. The Morgan fingerprint density at radius 3 is 2.52 bits per heavy atom. The van der Waals surface area contributed by atoms with Crippen LogP contribution in [0, 0.1) is 5.41 Å². The van der Waals surface area contributed by atoms with Crippen LogP contribution in [0.2, 0.25) is 0 Å². The lowest BCUT2D eigenvalue weighted by atomic mass is 9.71. The molecule has 2 unspecified atom stereocenters. The molecular formula is C15H22N2O4. The third-order valence-corrected chi connectivity index (χ3v) is 5.12. The molecular weight excluding hydrogens is 272 g/mol. The van der Waals surface area contributed by atoms with Crippen LogP contribution in [0.15, 0.2) is 0 Å². The maximum absolute atomic E-state index is 12.9. The van der Waals surface area contributed by atoms with Crippen LogP contribution >= 0.6 is 0 Å². The lowest BCUT2D eigenvalue weighted by molar-refractivity contribution is -0.156. The number of barbiturate groups is 1. The summed E-state index contributed by atoms with van der Waals surface area (Å²) in [6.45, 7) is 2.50. The molecule has 1 spiro atoms. The Labute approximate surface area is 124 Å². The van der Waals surface area contributed by atoms with Crippen molar-refractivity contribution < 1.29 is 19.1 Å². The van der Waals surface area contributed by atoms with Gasteiger partial charge in [-0.15, -0.1) is 0 Å². The van der Waals surface area contributed by atoms with Crippen LogP contribution in [-0.4, -0.2) is 41.5 Å². The van der Waals surface area contributed by atoms with Crippen LogP contribution in [0.1, 0.15) is 51.9 Å². The number of carbonyl (C=O) groups is 3. The van der Waals surface area contributed by atoms with Crippen molar-refractivity contribution in [3.05, 3.63) is 0 Å². The van der Waals surface area contributed by atoms with Crippen LogP contribution in [0.5, 0.6) is 0 Å². The van der Waals surface area contributed by atoms with E-state index in [1.807, 2.05) is 6.92 Å². The first-order valence-corrected chi connectivity index (χ1v) is 7.87. The van der Waals surface area contributed by atoms with Gasteiger partial charge in [0.1, 0.15) is 5.41 Å². The first kappa shape index (κ1) is 14.5. The average molecular weight is 294 g/mol. The molecule has 2 saturated heterocycles. The van der Waals surface area contributed by atoms with Crippen molar-refractivity contribution in [1.29, 1.82) is 0 Å². The summed E-state index contributed by atoms with van der Waals surface area (Å²) >= 11 is 0. The summed E-state index contributed by atoms with van der Waals surface area (Å²) in [6, 6.07) is -0.920. The standard InChI is InChI=1S/C15H22N2O4/c1-10(11-6-5-9-21-11)17-13(19)15(7-3-2-4-8-15)12(18)16-14(17)20/h10-11H,2-9H2,1H3,(H,16,18,20). The number of nitrogens with one attached hydrogen (secondary N) is 1. The highest BCUT2D eigenvalue weighted by Crippen LogP contribution is 2.41. The molecule has 0 bridgehead atoms. The minimum Gasteiger partial charge on any atom is -0.376 e. The number of amides is 4. The second kappa shape index (κ2) is 5.40. The van der Waals surface area contributed by atoms with Gasteiger partial charge < -0.3 is 4.74 Å². The van der Waals surface area contributed by atoms with Gasteiger partial charge in [0.25, 0.3) is 0 Å². The van der Waals surface area contributed by atoms with Crippen molar-refractivity contribution in [3.63, 3.8) is 0 Å². The number of ether oxygens (including phenoxy) is 1. The highest BCUT2D eigenvalue weighted by atomic mass is 16.5. The lowest BCUT2D eigenvalue weighted by Gasteiger charge is -2.44. The van der Waals surface area contributed by atoms with E-state index in [1.165, 1.54) is 4.90 Å². The summed E-state index contributed by atoms with van der Waals surface area (Å²) in [5.74, 6) is -0.730. The van der Waals surface area contributed by atoms with Crippen LogP contribution in [0.3, 0.4) is 0 Å². The van der Waals surface area contributed by atoms with Crippen molar-refractivity contribution >= 4 is 17.8 Å². The van der Waals surface area contributed by atoms with Crippen LogP contribution < -0.4 is 5.32 Å². The minimum absolute atomic E-state index is 0.117. The van der Waals surface area contributed by atoms with Gasteiger partial charge in [0.2, 0.25) is 11.8 Å². The zero-order valence-electron chi connectivity index (χ0n) is 12.4. The molecule has 2 aliphatic heterocycles. The number of carbonyl (C=O) groups excluding carboxylic acids is 3. The largest absolute Gasteiger partial charge is 0.376 e. The van der Waals surface area contributed by atoms with E-state index in [0.717, 1.165) is 32.1 Å². The Bertz CT molecular complexity index is 464. The van der Waals surface area contributed by atoms with E-state index in [2.05, 4.69) is 5.32 Å². The van der Waals surface area contributed by atoms with Gasteiger partial charge in [-0.2, -0.15) is 0 Å². The first-order chi connectivity index (χ1) is 10.1. The van der Waals surface area contributed by atoms with Crippen LogP contribution in [-0.2, 0) is 14.3 Å². The molecule has 0 radical (unpaired) electrons. The van der Waals surface area contributed by atoms with Gasteiger partial charge in [0.05, 0.1) is 12.1 Å². The van der Waals surface area contributed by atoms with E-state index < -0.39 is 17.4 Å². The fourth-order valence-electron chi connectivity index (χ4n) is 3.81. The maximum Gasteiger partial charge on any atom is 0.331 e. The monoisotopic (exact) mass is 294 g/mol. The number of hydrogen-bond donors (Lipinski definition) is 1. The zero-order chi connectivity index (χ0) is 15.0. The molecule has 3 rings (SSSR count). The molecule has 4 amide bonds. The van der Waals surface area contributed by atoms with E-state index in [4.69, 9.17) is 4.74 Å². The van der Waals surface area contributed by atoms with Gasteiger partial charge in [-0.05, 0) is 32.6 Å². The number of hydrogen-bond acceptors (Lipinski definition) is 4. The molecule has 1 aliphatic carbocycles. The highest BCUT2D eigenvalue weighted by molar-refractivity contribution is 6.19. The molecule has 0 aromatic rings. The number of imide groups is 2. The van der Waals surface area contributed by atoms with E-state index in [9.17, 15) is 14.4 Å². The Morgan fingerprint density at radius 1 is 1.19 bits per heavy atom. The molecule has 1 saturated carbocycles. The summed E-state index contributed by atoms with van der Waals surface area (Å²) in [5.41, 5.74) is -1.03. The van der Waals surface area contributed by atoms with E-state index in [1.54, 1.807) is 0 Å². The van der Waals surface area contributed by atoms with E-state index >= 15 is 0 Å². The van der Waals surface area contributed by atoms with Crippen LogP contribution in [0.25, 0.3) is 0 Å². The summed E-state index contributed by atoms with van der Waals surface area (Å²) in [5, 5.41) is 2.40. The SMILES string of the molecule is CC(C1CCCO1)N1C(=O)NC(=O)C2(CCCCC2)C1=O. The predicted octanol–water partition coefficient (Wildman–Crippen LogP) is 1.58. The van der Waals surface area contributed by atoms with E-state index in [-0.39, 0.29) is 18.1 Å². The van der Waals surface area contributed by atoms with Gasteiger partial charge >= 0.3 is 6.03 Å². The Morgan fingerprint density at radius 2 is 1.90 bits per heavy atom. The highest BCUT2D eigenvalue weighted by Gasteiger charge is 2.55. The topological polar surface area (TPSA) is 75.7 Å². The molecule has 21 heavy (non-hydrogen) atoms. The Balaban J connectivity index is 1.87. The van der Waals surface area contributed by atoms with E-state index in [0.29, 0.717) is 19.4 Å². The average Bonchev–Trinajstić information content (AvgIpc) is 3.00. The van der Waals surface area contributed by atoms with Gasteiger partial charge in [-0.1, -0.05) is 19.3 Å². The van der Waals surface area contributed by atoms with Gasteiger partial charge in [0, 0.05) is 6.61 Å². The molecule has 0 aromatic heterocycles. The molecule has 1 N–H and O–H groups in total. The van der Waals surface area contributed by atoms with Crippen molar-refractivity contribution in [2.24, 2.45) is 5.41 Å². The molecule has 3 aliphatic rings. The smallest absolute Gasteiger partial charge is 0.331 e. The quantitative estimate of drug-likeness (QED) is 0.785. The zero-order valence-corrected chi connectivity index (χ0v) is 12.4. The first-order valence-electron chi connectivity index (χ1n) is 7.87. The fraction of sp³-hybridized carbons (Fsp3) is 0.800. The second-order valence-electron chi connectivity index (χ2n) is 6.37. The lowest BCUT2D eigenvalue weighted by Crippen LogP contribution is -2.67. The normalized spacial score (nSPS) is 30.6. The number of rotatable bonds is 2. The third kappa shape index (κ3) is 2.25. The van der Waals surface area contributed by atoms with Gasteiger partial charge in [-0.25, -0.2) is 4.79 Å². The third-order valence-electron chi connectivity index (χ3n) is 5.12. The predicted molar refractivity (Wildman–Crippen MR) is 74.3 cm³/mol. The second-order valence-corrected chi connectivity index (χ2v) is 6.37. The van der Waals surface area contributed by atoms with Crippen LogP contribution in [0.4, 0.5) is 4.79 Å². The van der Waals surface area contributed by atoms with Crippen molar-refractivity contribution in [2.45, 2.75) is 64.0 Å². The van der Waals surface area contributed by atoms with Gasteiger partial charge in [0.15, 0.2) is 0 Å². The summed E-state index contributed by atoms with van der Waals surface area (Å²) in [7, 11) is 0. The number of urea groups is 1. The summed E-state index contributed by atoms with van der Waals surface area (Å²) in [4.78, 5) is 38.6. The molecule has 2 atom stereocenters. The van der Waals surface area contributed by atoms with Gasteiger partial charge in [-0.3, -0.25) is 19.8 Å².